The van der Waals surface area contributed by atoms with Crippen molar-refractivity contribution in [3.8, 4) is 0 Å². The maximum atomic E-state index is 12.3. The molecule has 3 heterocycles. The standard InChI is InChI=1S/C20H24N4O/c25-20-23-13-5-4-9-19(23)21-24(20)14-6-12-22-15-10-18(11-16-22)17-7-2-1-3-8-17/h1-5,7-9,13,18H,6,10-12,14-16H2. The Bertz CT molecular complexity index is 875. The number of aromatic nitrogens is 3. The van der Waals surface area contributed by atoms with Crippen LogP contribution in [0.4, 0.5) is 0 Å². The number of fused-ring (bicyclic) bond motifs is 1. The van der Waals surface area contributed by atoms with Crippen LogP contribution in [0.3, 0.4) is 0 Å². The van der Waals surface area contributed by atoms with Gasteiger partial charge in [-0.15, -0.1) is 5.10 Å². The molecule has 0 saturated carbocycles. The molecule has 0 atom stereocenters. The van der Waals surface area contributed by atoms with Gasteiger partial charge in [0.05, 0.1) is 0 Å². The molecule has 0 amide bonds. The summed E-state index contributed by atoms with van der Waals surface area (Å²) in [6.07, 6.45) is 5.17. The maximum absolute atomic E-state index is 12.3. The van der Waals surface area contributed by atoms with Gasteiger partial charge in [0.25, 0.3) is 0 Å². The molecule has 25 heavy (non-hydrogen) atoms. The number of hydrogen-bond donors (Lipinski definition) is 0. The number of rotatable bonds is 5. The Morgan fingerprint density at radius 1 is 0.960 bits per heavy atom. The predicted molar refractivity (Wildman–Crippen MR) is 98.9 cm³/mol. The van der Waals surface area contributed by atoms with Crippen molar-refractivity contribution in [3.05, 3.63) is 70.8 Å². The zero-order valence-corrected chi connectivity index (χ0v) is 14.4. The van der Waals surface area contributed by atoms with E-state index in [2.05, 4.69) is 40.3 Å². The molecule has 5 heteroatoms. The van der Waals surface area contributed by atoms with Crippen molar-refractivity contribution < 1.29 is 0 Å². The molecule has 4 rings (SSSR count). The number of aryl methyl sites for hydroxylation is 1. The Kier molecular flexibility index (Phi) is 4.65. The van der Waals surface area contributed by atoms with E-state index >= 15 is 0 Å². The third kappa shape index (κ3) is 3.51. The monoisotopic (exact) mass is 336 g/mol. The molecule has 0 bridgehead atoms. The van der Waals surface area contributed by atoms with Crippen LogP contribution in [0.5, 0.6) is 0 Å². The maximum Gasteiger partial charge on any atom is 0.350 e. The lowest BCUT2D eigenvalue weighted by atomic mass is 9.89. The van der Waals surface area contributed by atoms with E-state index in [9.17, 15) is 4.79 Å². The Balaban J connectivity index is 1.28. The average Bonchev–Trinajstić information content (AvgIpc) is 2.99. The summed E-state index contributed by atoms with van der Waals surface area (Å²) in [6.45, 7) is 3.99. The minimum absolute atomic E-state index is 0.0432. The van der Waals surface area contributed by atoms with Crippen LogP contribution in [-0.4, -0.2) is 38.7 Å². The van der Waals surface area contributed by atoms with E-state index in [4.69, 9.17) is 0 Å². The Labute approximate surface area is 147 Å². The van der Waals surface area contributed by atoms with Gasteiger partial charge in [0.1, 0.15) is 0 Å². The van der Waals surface area contributed by atoms with Gasteiger partial charge in [0.2, 0.25) is 0 Å². The molecule has 2 aromatic heterocycles. The number of likely N-dealkylation sites (tertiary alicyclic amines) is 1. The first kappa shape index (κ1) is 16.1. The lowest BCUT2D eigenvalue weighted by Gasteiger charge is -2.32. The van der Waals surface area contributed by atoms with Crippen LogP contribution in [0, 0.1) is 0 Å². The fourth-order valence-corrected chi connectivity index (χ4v) is 3.77. The Morgan fingerprint density at radius 3 is 2.48 bits per heavy atom. The molecule has 1 aromatic carbocycles. The van der Waals surface area contributed by atoms with Crippen molar-refractivity contribution in [2.75, 3.05) is 19.6 Å². The normalized spacial score (nSPS) is 16.5. The third-order valence-corrected chi connectivity index (χ3v) is 5.19. The summed E-state index contributed by atoms with van der Waals surface area (Å²) in [5.41, 5.74) is 2.15. The first-order valence-corrected chi connectivity index (χ1v) is 9.13. The van der Waals surface area contributed by atoms with Crippen LogP contribution in [0.25, 0.3) is 5.65 Å². The van der Waals surface area contributed by atoms with E-state index in [0.717, 1.165) is 31.7 Å². The second-order valence-corrected chi connectivity index (χ2v) is 6.81. The van der Waals surface area contributed by atoms with Gasteiger partial charge in [0, 0.05) is 12.7 Å². The first-order valence-electron chi connectivity index (χ1n) is 9.13. The van der Waals surface area contributed by atoms with Gasteiger partial charge >= 0.3 is 5.69 Å². The topological polar surface area (TPSA) is 42.5 Å². The fraction of sp³-hybridized carbons (Fsp3) is 0.400. The van der Waals surface area contributed by atoms with Gasteiger partial charge in [-0.1, -0.05) is 36.4 Å². The number of hydrogen-bond acceptors (Lipinski definition) is 3. The predicted octanol–water partition coefficient (Wildman–Crippen LogP) is 2.77. The van der Waals surface area contributed by atoms with Crippen LogP contribution < -0.4 is 5.69 Å². The van der Waals surface area contributed by atoms with Gasteiger partial charge < -0.3 is 4.90 Å². The zero-order chi connectivity index (χ0) is 17.1. The summed E-state index contributed by atoms with van der Waals surface area (Å²) < 4.78 is 3.19. The zero-order valence-electron chi connectivity index (χ0n) is 14.4. The molecule has 5 nitrogen and oxygen atoms in total. The van der Waals surface area contributed by atoms with E-state index < -0.39 is 0 Å². The molecule has 130 valence electrons. The van der Waals surface area contributed by atoms with Gasteiger partial charge in [-0.3, -0.25) is 4.40 Å². The van der Waals surface area contributed by atoms with Crippen molar-refractivity contribution in [3.63, 3.8) is 0 Å². The lowest BCUT2D eigenvalue weighted by molar-refractivity contribution is 0.206. The van der Waals surface area contributed by atoms with Crippen LogP contribution in [0.1, 0.15) is 30.7 Å². The van der Waals surface area contributed by atoms with Crippen LogP contribution in [-0.2, 0) is 6.54 Å². The highest BCUT2D eigenvalue weighted by molar-refractivity contribution is 5.35. The van der Waals surface area contributed by atoms with Gasteiger partial charge in [-0.05, 0) is 62.5 Å². The molecule has 0 spiro atoms. The second-order valence-electron chi connectivity index (χ2n) is 6.81. The highest BCUT2D eigenvalue weighted by atomic mass is 16.2. The number of nitrogens with zero attached hydrogens (tertiary/aromatic N) is 4. The van der Waals surface area contributed by atoms with Gasteiger partial charge in [0.15, 0.2) is 5.65 Å². The Morgan fingerprint density at radius 2 is 1.72 bits per heavy atom. The van der Waals surface area contributed by atoms with Crippen molar-refractivity contribution in [1.29, 1.82) is 0 Å². The first-order chi connectivity index (χ1) is 12.3. The molecular formula is C20H24N4O. The minimum Gasteiger partial charge on any atom is -0.303 e. The van der Waals surface area contributed by atoms with E-state index in [1.54, 1.807) is 15.3 Å². The van der Waals surface area contributed by atoms with Crippen LogP contribution >= 0.6 is 0 Å². The number of piperidine rings is 1. The van der Waals surface area contributed by atoms with Crippen molar-refractivity contribution in [1.82, 2.24) is 19.1 Å². The average molecular weight is 336 g/mol. The molecule has 0 radical (unpaired) electrons. The van der Waals surface area contributed by atoms with Gasteiger partial charge in [-0.25, -0.2) is 9.48 Å². The molecule has 0 aliphatic carbocycles. The quantitative estimate of drug-likeness (QED) is 0.719. The highest BCUT2D eigenvalue weighted by Crippen LogP contribution is 2.27. The summed E-state index contributed by atoms with van der Waals surface area (Å²) in [6, 6.07) is 16.5. The summed E-state index contributed by atoms with van der Waals surface area (Å²) in [7, 11) is 0. The van der Waals surface area contributed by atoms with Crippen molar-refractivity contribution in [2.45, 2.75) is 31.7 Å². The molecule has 3 aromatic rings. The van der Waals surface area contributed by atoms with Crippen molar-refractivity contribution >= 4 is 5.65 Å². The van der Waals surface area contributed by atoms with E-state index in [-0.39, 0.29) is 5.69 Å². The number of pyridine rings is 1. The molecule has 1 aliphatic heterocycles. The van der Waals surface area contributed by atoms with Crippen LogP contribution in [0.15, 0.2) is 59.5 Å². The molecular weight excluding hydrogens is 312 g/mol. The second kappa shape index (κ2) is 7.23. The lowest BCUT2D eigenvalue weighted by Crippen LogP contribution is -2.34. The van der Waals surface area contributed by atoms with E-state index in [0.29, 0.717) is 12.5 Å². The van der Waals surface area contributed by atoms with Gasteiger partial charge in [-0.2, -0.15) is 0 Å². The summed E-state index contributed by atoms with van der Waals surface area (Å²) in [5.74, 6) is 0.693. The minimum atomic E-state index is -0.0432. The molecule has 0 unspecified atom stereocenters. The molecule has 1 aliphatic rings. The molecule has 0 N–H and O–H groups in total. The third-order valence-electron chi connectivity index (χ3n) is 5.19. The molecule has 1 saturated heterocycles. The summed E-state index contributed by atoms with van der Waals surface area (Å²) >= 11 is 0. The van der Waals surface area contributed by atoms with Crippen molar-refractivity contribution in [2.24, 2.45) is 0 Å². The fourth-order valence-electron chi connectivity index (χ4n) is 3.77. The van der Waals surface area contributed by atoms with Crippen LogP contribution in [0.2, 0.25) is 0 Å². The highest BCUT2D eigenvalue weighted by Gasteiger charge is 2.20. The summed E-state index contributed by atoms with van der Waals surface area (Å²) in [5, 5.41) is 4.40. The molecule has 1 fully saturated rings. The summed E-state index contributed by atoms with van der Waals surface area (Å²) in [4.78, 5) is 14.8. The number of benzene rings is 1. The largest absolute Gasteiger partial charge is 0.350 e. The Hall–Kier alpha value is -2.40. The van der Waals surface area contributed by atoms with E-state index in [1.807, 2.05) is 18.2 Å². The SMILES string of the molecule is O=c1n(CCCN2CCC(c3ccccc3)CC2)nc2ccccn12. The smallest absolute Gasteiger partial charge is 0.303 e. The van der Waals surface area contributed by atoms with E-state index in [1.165, 1.54) is 18.4 Å².